The van der Waals surface area contributed by atoms with Crippen LogP contribution in [0, 0.1) is 0 Å². The predicted octanol–water partition coefficient (Wildman–Crippen LogP) is 6.39. The summed E-state index contributed by atoms with van der Waals surface area (Å²) in [6.07, 6.45) is 2.06. The number of halogens is 1. The first kappa shape index (κ1) is 20.4. The molecule has 2 heterocycles. The van der Waals surface area contributed by atoms with Gasteiger partial charge in [-0.1, -0.05) is 52.3 Å². The summed E-state index contributed by atoms with van der Waals surface area (Å²) in [7, 11) is 1.65. The molecule has 0 bridgehead atoms. The van der Waals surface area contributed by atoms with Crippen LogP contribution in [0.2, 0.25) is 0 Å². The average molecular weight is 488 g/mol. The van der Waals surface area contributed by atoms with Gasteiger partial charge in [0, 0.05) is 22.1 Å². The molecule has 1 aliphatic heterocycles. The standard InChI is InChI=1S/C26H22BrN3O2/c1-32-22-13-11-18(12-14-22)25-24-10-5-15-29(24)23-9-3-2-6-19(23)17-30(25)26(31)28-21-8-4-7-20(27)16-21/h2-16,25H,17H2,1H3,(H,28,31)/t25-/m0/s1. The van der Waals surface area contributed by atoms with Crippen molar-refractivity contribution in [2.45, 2.75) is 12.6 Å². The van der Waals surface area contributed by atoms with Crippen LogP contribution in [0.1, 0.15) is 22.9 Å². The minimum absolute atomic E-state index is 0.159. The van der Waals surface area contributed by atoms with Gasteiger partial charge in [0.15, 0.2) is 0 Å². The first-order valence-electron chi connectivity index (χ1n) is 10.4. The van der Waals surface area contributed by atoms with E-state index < -0.39 is 0 Å². The van der Waals surface area contributed by atoms with Gasteiger partial charge in [0.25, 0.3) is 0 Å². The molecule has 1 aromatic heterocycles. The fraction of sp³-hybridized carbons (Fsp3) is 0.115. The smallest absolute Gasteiger partial charge is 0.322 e. The van der Waals surface area contributed by atoms with Gasteiger partial charge in [-0.15, -0.1) is 0 Å². The van der Waals surface area contributed by atoms with Crippen LogP contribution in [-0.2, 0) is 6.54 Å². The number of urea groups is 1. The second kappa shape index (κ2) is 8.55. The SMILES string of the molecule is COc1ccc([C@H]2c3cccn3-c3ccccc3CN2C(=O)Nc2cccc(Br)c2)cc1. The van der Waals surface area contributed by atoms with Crippen LogP contribution in [0.4, 0.5) is 10.5 Å². The summed E-state index contributed by atoms with van der Waals surface area (Å²) >= 11 is 3.48. The van der Waals surface area contributed by atoms with Gasteiger partial charge in [-0.2, -0.15) is 0 Å². The first-order chi connectivity index (χ1) is 15.6. The van der Waals surface area contributed by atoms with Crippen LogP contribution in [0.3, 0.4) is 0 Å². The number of fused-ring (bicyclic) bond motifs is 3. The molecule has 0 unspecified atom stereocenters. The Kier molecular flexibility index (Phi) is 5.45. The summed E-state index contributed by atoms with van der Waals surface area (Å²) in [4.78, 5) is 15.5. The molecule has 4 aromatic rings. The molecule has 32 heavy (non-hydrogen) atoms. The number of aromatic nitrogens is 1. The quantitative estimate of drug-likeness (QED) is 0.364. The molecule has 5 rings (SSSR count). The zero-order valence-electron chi connectivity index (χ0n) is 17.5. The molecule has 0 spiro atoms. The number of anilines is 1. The lowest BCUT2D eigenvalue weighted by Gasteiger charge is -2.31. The van der Waals surface area contributed by atoms with Crippen molar-refractivity contribution < 1.29 is 9.53 Å². The van der Waals surface area contributed by atoms with Crippen molar-refractivity contribution in [1.29, 1.82) is 0 Å². The molecule has 6 heteroatoms. The van der Waals surface area contributed by atoms with E-state index in [9.17, 15) is 4.79 Å². The highest BCUT2D eigenvalue weighted by atomic mass is 79.9. The molecule has 0 saturated heterocycles. The first-order valence-corrected chi connectivity index (χ1v) is 11.2. The number of para-hydroxylation sites is 1. The summed E-state index contributed by atoms with van der Waals surface area (Å²) in [6.45, 7) is 0.481. The third-order valence-electron chi connectivity index (χ3n) is 5.73. The minimum atomic E-state index is -0.268. The zero-order valence-corrected chi connectivity index (χ0v) is 19.1. The maximum Gasteiger partial charge on any atom is 0.322 e. The Hall–Kier alpha value is -3.51. The zero-order chi connectivity index (χ0) is 22.1. The van der Waals surface area contributed by atoms with Gasteiger partial charge in [0.2, 0.25) is 0 Å². The highest BCUT2D eigenvalue weighted by Crippen LogP contribution is 2.37. The van der Waals surface area contributed by atoms with E-state index in [4.69, 9.17) is 4.74 Å². The molecule has 0 saturated carbocycles. The van der Waals surface area contributed by atoms with Crippen LogP contribution in [0.15, 0.2) is 95.6 Å². The monoisotopic (exact) mass is 487 g/mol. The van der Waals surface area contributed by atoms with Crippen LogP contribution in [0.5, 0.6) is 5.75 Å². The summed E-state index contributed by atoms with van der Waals surface area (Å²) in [6, 6.07) is 27.4. The topological polar surface area (TPSA) is 46.5 Å². The highest BCUT2D eigenvalue weighted by Gasteiger charge is 2.33. The molecule has 0 fully saturated rings. The van der Waals surface area contributed by atoms with Crippen LogP contribution < -0.4 is 10.1 Å². The second-order valence-electron chi connectivity index (χ2n) is 7.68. The Balaban J connectivity index is 1.62. The fourth-order valence-corrected chi connectivity index (χ4v) is 4.64. The largest absolute Gasteiger partial charge is 0.497 e. The van der Waals surface area contributed by atoms with Crippen molar-refractivity contribution in [3.05, 3.63) is 112 Å². The third kappa shape index (κ3) is 3.78. The van der Waals surface area contributed by atoms with Crippen molar-refractivity contribution >= 4 is 27.6 Å². The summed E-state index contributed by atoms with van der Waals surface area (Å²) < 4.78 is 8.44. The van der Waals surface area contributed by atoms with Gasteiger partial charge >= 0.3 is 6.03 Å². The molecular formula is C26H22BrN3O2. The average Bonchev–Trinajstić information content (AvgIpc) is 3.23. The van der Waals surface area contributed by atoms with Gasteiger partial charge in [0.05, 0.1) is 25.4 Å². The van der Waals surface area contributed by atoms with Crippen LogP contribution in [0.25, 0.3) is 5.69 Å². The Bertz CT molecular complexity index is 1270. The van der Waals surface area contributed by atoms with E-state index in [0.29, 0.717) is 6.54 Å². The molecule has 2 amide bonds. The minimum Gasteiger partial charge on any atom is -0.497 e. The number of amides is 2. The number of hydrogen-bond donors (Lipinski definition) is 1. The Morgan fingerprint density at radius 1 is 1.00 bits per heavy atom. The number of hydrogen-bond acceptors (Lipinski definition) is 2. The van der Waals surface area contributed by atoms with Crippen molar-refractivity contribution in [2.24, 2.45) is 0 Å². The summed E-state index contributed by atoms with van der Waals surface area (Å²) in [5, 5.41) is 3.08. The van der Waals surface area contributed by atoms with E-state index in [1.54, 1.807) is 7.11 Å². The Morgan fingerprint density at radius 3 is 2.59 bits per heavy atom. The lowest BCUT2D eigenvalue weighted by molar-refractivity contribution is 0.194. The van der Waals surface area contributed by atoms with E-state index in [1.165, 1.54) is 0 Å². The maximum atomic E-state index is 13.6. The van der Waals surface area contributed by atoms with Crippen molar-refractivity contribution in [3.63, 3.8) is 0 Å². The normalized spacial score (nSPS) is 14.8. The van der Waals surface area contributed by atoms with E-state index in [2.05, 4.69) is 50.2 Å². The summed E-state index contributed by atoms with van der Waals surface area (Å²) in [5.74, 6) is 0.783. The summed E-state index contributed by atoms with van der Waals surface area (Å²) in [5.41, 5.74) is 4.97. The number of carbonyl (C=O) groups is 1. The predicted molar refractivity (Wildman–Crippen MR) is 129 cm³/mol. The van der Waals surface area contributed by atoms with Gasteiger partial charge < -0.3 is 19.5 Å². The highest BCUT2D eigenvalue weighted by molar-refractivity contribution is 9.10. The number of rotatable bonds is 3. The third-order valence-corrected chi connectivity index (χ3v) is 6.23. The molecule has 3 aromatic carbocycles. The van der Waals surface area contributed by atoms with Gasteiger partial charge in [-0.3, -0.25) is 0 Å². The molecule has 0 radical (unpaired) electrons. The molecule has 0 aliphatic carbocycles. The number of nitrogens with zero attached hydrogens (tertiary/aromatic N) is 2. The Morgan fingerprint density at radius 2 is 1.81 bits per heavy atom. The van der Waals surface area contributed by atoms with Gasteiger partial charge in [0.1, 0.15) is 5.75 Å². The number of ether oxygens (including phenoxy) is 1. The van der Waals surface area contributed by atoms with E-state index >= 15 is 0 Å². The van der Waals surface area contributed by atoms with Crippen molar-refractivity contribution in [3.8, 4) is 11.4 Å². The van der Waals surface area contributed by atoms with Crippen molar-refractivity contribution in [2.75, 3.05) is 12.4 Å². The Labute approximate surface area is 195 Å². The molecule has 5 nitrogen and oxygen atoms in total. The number of benzene rings is 3. The van der Waals surface area contributed by atoms with E-state index in [1.807, 2.05) is 71.6 Å². The number of methoxy groups -OCH3 is 1. The number of nitrogens with one attached hydrogen (secondary N) is 1. The van der Waals surface area contributed by atoms with E-state index in [0.717, 1.165) is 38.4 Å². The van der Waals surface area contributed by atoms with Gasteiger partial charge in [-0.25, -0.2) is 4.79 Å². The molecular weight excluding hydrogens is 466 g/mol. The molecule has 1 N–H and O–H groups in total. The fourth-order valence-electron chi connectivity index (χ4n) is 4.24. The molecule has 160 valence electrons. The second-order valence-corrected chi connectivity index (χ2v) is 8.59. The van der Waals surface area contributed by atoms with Crippen molar-refractivity contribution in [1.82, 2.24) is 9.47 Å². The lowest BCUT2D eigenvalue weighted by atomic mass is 10.0. The van der Waals surface area contributed by atoms with E-state index in [-0.39, 0.29) is 12.1 Å². The molecule has 1 atom stereocenters. The lowest BCUT2D eigenvalue weighted by Crippen LogP contribution is -2.37. The van der Waals surface area contributed by atoms with Crippen LogP contribution >= 0.6 is 15.9 Å². The van der Waals surface area contributed by atoms with Gasteiger partial charge in [-0.05, 0) is 59.7 Å². The number of carbonyl (C=O) groups excluding carboxylic acids is 1. The van der Waals surface area contributed by atoms with Crippen LogP contribution in [-0.4, -0.2) is 22.6 Å². The maximum absolute atomic E-state index is 13.6. The molecule has 1 aliphatic rings.